The summed E-state index contributed by atoms with van der Waals surface area (Å²) in [4.78, 5) is 0. The average Bonchev–Trinajstić information content (AvgIpc) is 2.29. The number of ether oxygens (including phenoxy) is 3. The van der Waals surface area contributed by atoms with Crippen LogP contribution in [0.2, 0.25) is 0 Å². The molecular formula is C12H19NO4. The monoisotopic (exact) mass is 241 g/mol. The van der Waals surface area contributed by atoms with Gasteiger partial charge in [-0.25, -0.2) is 0 Å². The van der Waals surface area contributed by atoms with Crippen molar-refractivity contribution in [2.24, 2.45) is 5.16 Å². The van der Waals surface area contributed by atoms with E-state index in [-0.39, 0.29) is 18.3 Å². The fourth-order valence-corrected chi connectivity index (χ4v) is 2.06. The number of oxime groups is 1. The zero-order chi connectivity index (χ0) is 12.3. The molecule has 96 valence electrons. The van der Waals surface area contributed by atoms with E-state index in [0.29, 0.717) is 13.0 Å². The standard InChI is InChI=1S/C12H19NO4/c1-12(2)15-8-11-10(17-12)6-5-9(16-11)4-3-7-13-14/h5-7,9-11,14H,3-4,8H2,1-2H3/b13-7+/t9-,10+,11-/m1/s1. The Morgan fingerprint density at radius 2 is 2.29 bits per heavy atom. The van der Waals surface area contributed by atoms with E-state index >= 15 is 0 Å². The third-order valence-corrected chi connectivity index (χ3v) is 2.91. The maximum Gasteiger partial charge on any atom is 0.163 e. The second-order valence-corrected chi connectivity index (χ2v) is 4.77. The summed E-state index contributed by atoms with van der Waals surface area (Å²) in [5.41, 5.74) is 0. The molecule has 2 rings (SSSR count). The van der Waals surface area contributed by atoms with E-state index in [9.17, 15) is 0 Å². The maximum atomic E-state index is 8.31. The van der Waals surface area contributed by atoms with Crippen LogP contribution in [0.4, 0.5) is 0 Å². The van der Waals surface area contributed by atoms with Gasteiger partial charge in [-0.15, -0.1) is 5.16 Å². The van der Waals surface area contributed by atoms with Gasteiger partial charge in [-0.1, -0.05) is 12.2 Å². The number of nitrogens with zero attached hydrogens (tertiary/aromatic N) is 1. The molecule has 0 unspecified atom stereocenters. The number of hydrogen-bond acceptors (Lipinski definition) is 5. The normalized spacial score (nSPS) is 36.0. The van der Waals surface area contributed by atoms with Crippen LogP contribution in [0, 0.1) is 0 Å². The first-order valence-corrected chi connectivity index (χ1v) is 5.92. The second-order valence-electron chi connectivity index (χ2n) is 4.77. The highest BCUT2D eigenvalue weighted by atomic mass is 16.7. The molecule has 2 aliphatic heterocycles. The summed E-state index contributed by atoms with van der Waals surface area (Å²) in [5.74, 6) is -0.536. The minimum Gasteiger partial charge on any atom is -0.411 e. The van der Waals surface area contributed by atoms with Crippen molar-refractivity contribution in [1.29, 1.82) is 0 Å². The van der Waals surface area contributed by atoms with E-state index in [0.717, 1.165) is 6.42 Å². The molecule has 2 aliphatic rings. The quantitative estimate of drug-likeness (QED) is 0.353. The van der Waals surface area contributed by atoms with Gasteiger partial charge in [-0.05, 0) is 26.7 Å². The molecule has 1 N–H and O–H groups in total. The Labute approximate surface area is 101 Å². The van der Waals surface area contributed by atoms with Gasteiger partial charge in [-0.2, -0.15) is 0 Å². The molecule has 5 nitrogen and oxygen atoms in total. The van der Waals surface area contributed by atoms with Gasteiger partial charge in [0.25, 0.3) is 0 Å². The summed E-state index contributed by atoms with van der Waals surface area (Å²) in [7, 11) is 0. The fraction of sp³-hybridized carbons (Fsp3) is 0.750. The lowest BCUT2D eigenvalue weighted by molar-refractivity contribution is -0.305. The van der Waals surface area contributed by atoms with Crippen molar-refractivity contribution in [3.63, 3.8) is 0 Å². The first kappa shape index (κ1) is 12.5. The van der Waals surface area contributed by atoms with E-state index in [1.165, 1.54) is 6.21 Å². The van der Waals surface area contributed by atoms with E-state index < -0.39 is 5.79 Å². The van der Waals surface area contributed by atoms with Gasteiger partial charge in [0, 0.05) is 6.21 Å². The molecule has 0 radical (unpaired) electrons. The smallest absolute Gasteiger partial charge is 0.163 e. The summed E-state index contributed by atoms with van der Waals surface area (Å²) in [6.45, 7) is 4.36. The Balaban J connectivity index is 1.89. The molecule has 2 heterocycles. The molecule has 0 aromatic rings. The molecule has 0 aliphatic carbocycles. The third-order valence-electron chi connectivity index (χ3n) is 2.91. The van der Waals surface area contributed by atoms with Gasteiger partial charge in [0.05, 0.1) is 12.7 Å². The van der Waals surface area contributed by atoms with Gasteiger partial charge < -0.3 is 19.4 Å². The molecule has 0 aromatic carbocycles. The third kappa shape index (κ3) is 3.28. The van der Waals surface area contributed by atoms with E-state index in [1.807, 2.05) is 26.0 Å². The van der Waals surface area contributed by atoms with E-state index in [1.54, 1.807) is 0 Å². The second kappa shape index (κ2) is 5.16. The number of rotatable bonds is 3. The zero-order valence-corrected chi connectivity index (χ0v) is 10.2. The first-order chi connectivity index (χ1) is 8.11. The van der Waals surface area contributed by atoms with Crippen LogP contribution in [0.5, 0.6) is 0 Å². The van der Waals surface area contributed by atoms with Crippen molar-refractivity contribution in [2.75, 3.05) is 6.61 Å². The van der Waals surface area contributed by atoms with Crippen LogP contribution in [0.25, 0.3) is 0 Å². The Bertz CT molecular complexity index is 314. The van der Waals surface area contributed by atoms with Crippen LogP contribution >= 0.6 is 0 Å². The van der Waals surface area contributed by atoms with Crippen molar-refractivity contribution in [1.82, 2.24) is 0 Å². The molecular weight excluding hydrogens is 222 g/mol. The zero-order valence-electron chi connectivity index (χ0n) is 10.2. The molecule has 5 heteroatoms. The molecule has 0 spiro atoms. The van der Waals surface area contributed by atoms with Crippen molar-refractivity contribution in [3.8, 4) is 0 Å². The molecule has 0 saturated carbocycles. The van der Waals surface area contributed by atoms with Crippen molar-refractivity contribution in [3.05, 3.63) is 12.2 Å². The summed E-state index contributed by atoms with van der Waals surface area (Å²) in [6.07, 6.45) is 6.99. The van der Waals surface area contributed by atoms with Crippen LogP contribution in [-0.2, 0) is 14.2 Å². The Morgan fingerprint density at radius 3 is 3.06 bits per heavy atom. The number of hydrogen-bond donors (Lipinski definition) is 1. The minimum atomic E-state index is -0.536. The molecule has 17 heavy (non-hydrogen) atoms. The van der Waals surface area contributed by atoms with Crippen LogP contribution in [-0.4, -0.2) is 42.1 Å². The Kier molecular flexibility index (Phi) is 3.81. The fourth-order valence-electron chi connectivity index (χ4n) is 2.06. The predicted octanol–water partition coefficient (Wildman–Crippen LogP) is 1.70. The lowest BCUT2D eigenvalue weighted by Gasteiger charge is -2.42. The van der Waals surface area contributed by atoms with Crippen molar-refractivity contribution < 1.29 is 19.4 Å². The van der Waals surface area contributed by atoms with E-state index in [4.69, 9.17) is 19.4 Å². The molecule has 1 fully saturated rings. The number of fused-ring (bicyclic) bond motifs is 1. The summed E-state index contributed by atoms with van der Waals surface area (Å²) >= 11 is 0. The summed E-state index contributed by atoms with van der Waals surface area (Å²) < 4.78 is 17.2. The van der Waals surface area contributed by atoms with Gasteiger partial charge in [0.1, 0.15) is 12.2 Å². The molecule has 1 saturated heterocycles. The SMILES string of the molecule is CC1(C)OC[C@H]2O[C@H](CC/C=N/O)C=C[C@@H]2O1. The molecule has 3 atom stereocenters. The van der Waals surface area contributed by atoms with Crippen LogP contribution in [0.15, 0.2) is 17.3 Å². The summed E-state index contributed by atoms with van der Waals surface area (Å²) in [6, 6.07) is 0. The first-order valence-electron chi connectivity index (χ1n) is 5.92. The van der Waals surface area contributed by atoms with Gasteiger partial charge in [0.2, 0.25) is 0 Å². The van der Waals surface area contributed by atoms with Gasteiger partial charge >= 0.3 is 0 Å². The van der Waals surface area contributed by atoms with Crippen LogP contribution in [0.3, 0.4) is 0 Å². The van der Waals surface area contributed by atoms with E-state index in [2.05, 4.69) is 5.16 Å². The molecule has 0 aromatic heterocycles. The van der Waals surface area contributed by atoms with Crippen molar-refractivity contribution in [2.45, 2.75) is 50.8 Å². The highest BCUT2D eigenvalue weighted by Crippen LogP contribution is 2.29. The minimum absolute atomic E-state index is 0.0264. The predicted molar refractivity (Wildman–Crippen MR) is 62.2 cm³/mol. The molecule has 0 amide bonds. The largest absolute Gasteiger partial charge is 0.411 e. The Morgan fingerprint density at radius 1 is 1.47 bits per heavy atom. The van der Waals surface area contributed by atoms with Gasteiger partial charge in [-0.3, -0.25) is 0 Å². The summed E-state index contributed by atoms with van der Waals surface area (Å²) in [5, 5.41) is 11.3. The topological polar surface area (TPSA) is 60.3 Å². The highest BCUT2D eigenvalue weighted by molar-refractivity contribution is 5.56. The molecule has 0 bridgehead atoms. The van der Waals surface area contributed by atoms with Crippen molar-refractivity contribution >= 4 is 6.21 Å². The average molecular weight is 241 g/mol. The highest BCUT2D eigenvalue weighted by Gasteiger charge is 2.38. The van der Waals surface area contributed by atoms with Crippen LogP contribution < -0.4 is 0 Å². The lowest BCUT2D eigenvalue weighted by Crippen LogP contribution is -2.51. The Hall–Kier alpha value is -0.910. The van der Waals surface area contributed by atoms with Gasteiger partial charge in [0.15, 0.2) is 5.79 Å². The van der Waals surface area contributed by atoms with Crippen LogP contribution in [0.1, 0.15) is 26.7 Å². The lowest BCUT2D eigenvalue weighted by atomic mass is 10.0. The maximum absolute atomic E-state index is 8.31.